The summed E-state index contributed by atoms with van der Waals surface area (Å²) in [6.07, 6.45) is 0.447. The van der Waals surface area contributed by atoms with E-state index in [2.05, 4.69) is 4.90 Å². The second-order valence-electron chi connectivity index (χ2n) is 4.78. The lowest BCUT2D eigenvalue weighted by Gasteiger charge is -2.22. The van der Waals surface area contributed by atoms with Crippen molar-refractivity contribution in [2.45, 2.75) is 19.9 Å². The molecule has 0 saturated heterocycles. The Morgan fingerprint density at radius 1 is 1.44 bits per heavy atom. The summed E-state index contributed by atoms with van der Waals surface area (Å²) in [4.78, 5) is 13.3. The van der Waals surface area contributed by atoms with Gasteiger partial charge in [0.05, 0.1) is 6.07 Å². The quantitative estimate of drug-likeness (QED) is 0.826. The van der Waals surface area contributed by atoms with E-state index in [4.69, 9.17) is 11.0 Å². The molecule has 4 nitrogen and oxygen atoms in total. The molecular weight excluding hydrogens is 226 g/mol. The maximum absolute atomic E-state index is 11.2. The number of carbonyl (C=O) groups is 1. The van der Waals surface area contributed by atoms with E-state index in [-0.39, 0.29) is 0 Å². The lowest BCUT2D eigenvalue weighted by atomic mass is 9.87. The minimum atomic E-state index is -1.08. The van der Waals surface area contributed by atoms with Crippen molar-refractivity contribution in [1.82, 2.24) is 4.90 Å². The van der Waals surface area contributed by atoms with Gasteiger partial charge < -0.3 is 10.6 Å². The highest BCUT2D eigenvalue weighted by Gasteiger charge is 2.30. The number of carbonyl (C=O) groups excluding carboxylic acids is 1. The molecule has 1 atom stereocenters. The van der Waals surface area contributed by atoms with Crippen LogP contribution in [0.1, 0.15) is 18.9 Å². The third kappa shape index (κ3) is 3.86. The normalized spacial score (nSPS) is 13.9. The predicted octanol–water partition coefficient (Wildman–Crippen LogP) is 1.52. The van der Waals surface area contributed by atoms with E-state index < -0.39 is 11.3 Å². The molecule has 0 spiro atoms. The van der Waals surface area contributed by atoms with Gasteiger partial charge in [-0.05, 0) is 26.0 Å². The second kappa shape index (κ2) is 6.18. The van der Waals surface area contributed by atoms with Crippen molar-refractivity contribution in [3.05, 3.63) is 35.9 Å². The Labute approximate surface area is 108 Å². The molecule has 0 unspecified atom stereocenters. The molecule has 1 aromatic rings. The van der Waals surface area contributed by atoms with Crippen LogP contribution < -0.4 is 5.73 Å². The topological polar surface area (TPSA) is 70.1 Å². The lowest BCUT2D eigenvalue weighted by molar-refractivity contribution is -0.124. The average molecular weight is 245 g/mol. The van der Waals surface area contributed by atoms with Crippen LogP contribution in [0.3, 0.4) is 0 Å². The Kier molecular flexibility index (Phi) is 4.87. The third-order valence-corrected chi connectivity index (χ3v) is 3.08. The van der Waals surface area contributed by atoms with Crippen molar-refractivity contribution in [3.63, 3.8) is 0 Å². The van der Waals surface area contributed by atoms with Gasteiger partial charge in [0.15, 0.2) is 0 Å². The van der Waals surface area contributed by atoms with Gasteiger partial charge in [0.2, 0.25) is 5.91 Å². The van der Waals surface area contributed by atoms with Gasteiger partial charge in [-0.1, -0.05) is 30.3 Å². The first-order valence-electron chi connectivity index (χ1n) is 5.91. The van der Waals surface area contributed by atoms with Crippen molar-refractivity contribution < 1.29 is 4.79 Å². The van der Waals surface area contributed by atoms with Crippen LogP contribution in [0, 0.1) is 16.7 Å². The molecule has 4 heteroatoms. The Bertz CT molecular complexity index is 438. The Morgan fingerprint density at radius 2 is 2.06 bits per heavy atom. The number of nitrogens with zero attached hydrogens (tertiary/aromatic N) is 2. The van der Waals surface area contributed by atoms with Crippen molar-refractivity contribution in [3.8, 4) is 6.07 Å². The van der Waals surface area contributed by atoms with Crippen LogP contribution in [0.4, 0.5) is 0 Å². The zero-order valence-electron chi connectivity index (χ0n) is 10.9. The average Bonchev–Trinajstić information content (AvgIpc) is 2.37. The molecule has 1 rings (SSSR count). The molecule has 1 amide bonds. The molecule has 0 fully saturated rings. The first-order chi connectivity index (χ1) is 8.48. The predicted molar refractivity (Wildman–Crippen MR) is 70.3 cm³/mol. The summed E-state index contributed by atoms with van der Waals surface area (Å²) in [5, 5.41) is 8.99. The molecule has 0 saturated carbocycles. The first kappa shape index (κ1) is 14.2. The monoisotopic (exact) mass is 245 g/mol. The zero-order valence-corrected chi connectivity index (χ0v) is 10.9. The number of hydrogen-bond donors (Lipinski definition) is 1. The van der Waals surface area contributed by atoms with Gasteiger partial charge in [-0.15, -0.1) is 0 Å². The summed E-state index contributed by atoms with van der Waals surface area (Å²) in [5.41, 5.74) is 5.37. The third-order valence-electron chi connectivity index (χ3n) is 3.08. The fourth-order valence-electron chi connectivity index (χ4n) is 1.62. The Hall–Kier alpha value is -1.86. The number of hydrogen-bond acceptors (Lipinski definition) is 3. The van der Waals surface area contributed by atoms with E-state index in [1.165, 1.54) is 5.56 Å². The van der Waals surface area contributed by atoms with Crippen LogP contribution in [0.15, 0.2) is 30.3 Å². The largest absolute Gasteiger partial charge is 0.368 e. The molecule has 1 aromatic carbocycles. The first-order valence-corrected chi connectivity index (χ1v) is 5.91. The molecule has 0 radical (unpaired) electrons. The molecule has 0 bridgehead atoms. The molecule has 18 heavy (non-hydrogen) atoms. The fraction of sp³-hybridized carbons (Fsp3) is 0.429. The fourth-order valence-corrected chi connectivity index (χ4v) is 1.62. The van der Waals surface area contributed by atoms with E-state index in [1.54, 1.807) is 6.92 Å². The summed E-state index contributed by atoms with van der Waals surface area (Å²) in [5.74, 6) is -0.557. The van der Waals surface area contributed by atoms with E-state index in [9.17, 15) is 4.79 Å². The second-order valence-corrected chi connectivity index (χ2v) is 4.78. The van der Waals surface area contributed by atoms with Gasteiger partial charge in [0, 0.05) is 13.1 Å². The number of amides is 1. The number of rotatable bonds is 6. The molecule has 0 aliphatic heterocycles. The molecule has 2 N–H and O–H groups in total. The van der Waals surface area contributed by atoms with Crippen molar-refractivity contribution in [2.75, 3.05) is 13.6 Å². The number of primary amides is 1. The lowest BCUT2D eigenvalue weighted by Crippen LogP contribution is -2.36. The summed E-state index contributed by atoms with van der Waals surface area (Å²) in [6, 6.07) is 12.1. The van der Waals surface area contributed by atoms with Gasteiger partial charge in [0.25, 0.3) is 0 Å². The highest BCUT2D eigenvalue weighted by atomic mass is 16.1. The number of benzene rings is 1. The van der Waals surface area contributed by atoms with Crippen molar-refractivity contribution >= 4 is 5.91 Å². The van der Waals surface area contributed by atoms with E-state index in [0.29, 0.717) is 13.0 Å². The minimum Gasteiger partial charge on any atom is -0.368 e. The number of nitriles is 1. The molecule has 0 aliphatic carbocycles. The summed E-state index contributed by atoms with van der Waals surface area (Å²) < 4.78 is 0. The van der Waals surface area contributed by atoms with Crippen molar-refractivity contribution in [1.29, 1.82) is 5.26 Å². The SMILES string of the molecule is CN(CC[C@](C)(C#N)C(N)=O)Cc1ccccc1. The highest BCUT2D eigenvalue weighted by Crippen LogP contribution is 2.20. The summed E-state index contributed by atoms with van der Waals surface area (Å²) in [7, 11) is 1.96. The van der Waals surface area contributed by atoms with Crippen molar-refractivity contribution in [2.24, 2.45) is 11.1 Å². The van der Waals surface area contributed by atoms with E-state index in [1.807, 2.05) is 43.4 Å². The highest BCUT2D eigenvalue weighted by molar-refractivity contribution is 5.83. The molecular formula is C14H19N3O. The van der Waals surface area contributed by atoms with Crippen LogP contribution in [-0.2, 0) is 11.3 Å². The number of nitrogens with two attached hydrogens (primary N) is 1. The van der Waals surface area contributed by atoms with Crippen LogP contribution >= 0.6 is 0 Å². The van der Waals surface area contributed by atoms with Gasteiger partial charge in [-0.25, -0.2) is 0 Å². The molecule has 0 heterocycles. The van der Waals surface area contributed by atoms with Gasteiger partial charge in [0.1, 0.15) is 5.41 Å². The summed E-state index contributed by atoms with van der Waals surface area (Å²) >= 11 is 0. The Morgan fingerprint density at radius 3 is 2.56 bits per heavy atom. The smallest absolute Gasteiger partial charge is 0.237 e. The van der Waals surface area contributed by atoms with E-state index in [0.717, 1.165) is 6.54 Å². The van der Waals surface area contributed by atoms with Crippen LogP contribution in [0.25, 0.3) is 0 Å². The van der Waals surface area contributed by atoms with E-state index >= 15 is 0 Å². The maximum Gasteiger partial charge on any atom is 0.237 e. The summed E-state index contributed by atoms with van der Waals surface area (Å²) in [6.45, 7) is 3.04. The maximum atomic E-state index is 11.2. The van der Waals surface area contributed by atoms with Crippen LogP contribution in [-0.4, -0.2) is 24.4 Å². The standard InChI is InChI=1S/C14H19N3O/c1-14(11-15,13(16)18)8-9-17(2)10-12-6-4-3-5-7-12/h3-7H,8-10H2,1-2H3,(H2,16,18)/t14-/m1/s1. The van der Waals surface area contributed by atoms with Crippen LogP contribution in [0.2, 0.25) is 0 Å². The molecule has 0 aliphatic rings. The van der Waals surface area contributed by atoms with Gasteiger partial charge in [-0.3, -0.25) is 4.79 Å². The molecule has 96 valence electrons. The zero-order chi connectivity index (χ0) is 13.6. The molecule has 0 aromatic heterocycles. The Balaban J connectivity index is 2.49. The minimum absolute atomic E-state index is 0.447. The van der Waals surface area contributed by atoms with Crippen LogP contribution in [0.5, 0.6) is 0 Å². The van der Waals surface area contributed by atoms with Gasteiger partial charge >= 0.3 is 0 Å². The van der Waals surface area contributed by atoms with Gasteiger partial charge in [-0.2, -0.15) is 5.26 Å².